The van der Waals surface area contributed by atoms with Crippen LogP contribution in [0.5, 0.6) is 5.75 Å². The molecule has 6 aliphatic rings. The molecule has 316 valence electrons. The summed E-state index contributed by atoms with van der Waals surface area (Å²) in [5, 5.41) is 11.0. The number of hydrogen-bond donors (Lipinski definition) is 2. The summed E-state index contributed by atoms with van der Waals surface area (Å²) in [5.74, 6) is 0.988. The molecule has 3 saturated heterocycles. The Balaban J connectivity index is 0.000000183. The van der Waals surface area contributed by atoms with Gasteiger partial charge in [0, 0.05) is 58.0 Å². The Morgan fingerprint density at radius 2 is 1.61 bits per heavy atom. The number of anilines is 2. The number of carbonyl (C=O) groups excluding carboxylic acids is 3. The number of carbonyl (C=O) groups is 3. The van der Waals surface area contributed by atoms with Crippen molar-refractivity contribution in [2.45, 2.75) is 128 Å². The second-order valence-corrected chi connectivity index (χ2v) is 17.7. The van der Waals surface area contributed by atoms with Gasteiger partial charge in [0.25, 0.3) is 5.91 Å². The van der Waals surface area contributed by atoms with Crippen LogP contribution in [0.25, 0.3) is 22.3 Å². The first-order valence-electron chi connectivity index (χ1n) is 21.7. The molecule has 0 radical (unpaired) electrons. The fourth-order valence-electron chi connectivity index (χ4n) is 9.24. The van der Waals surface area contributed by atoms with Crippen LogP contribution in [-0.4, -0.2) is 92.8 Å². The van der Waals surface area contributed by atoms with Gasteiger partial charge < -0.3 is 24.2 Å². The van der Waals surface area contributed by atoms with Gasteiger partial charge in [0.1, 0.15) is 35.2 Å². The number of amides is 3. The van der Waals surface area contributed by atoms with Gasteiger partial charge in [0.05, 0.1) is 35.7 Å². The molecule has 3 amide bonds. The van der Waals surface area contributed by atoms with Crippen LogP contribution < -0.4 is 19.9 Å². The Kier molecular flexibility index (Phi) is 11.0. The second-order valence-electron chi connectivity index (χ2n) is 17.7. The average molecular weight is 811 g/mol. The summed E-state index contributed by atoms with van der Waals surface area (Å²) in [6.45, 7) is 7.98. The average Bonchev–Trinajstić information content (AvgIpc) is 3.66. The number of benzene rings is 2. The van der Waals surface area contributed by atoms with E-state index in [1.54, 1.807) is 18.5 Å². The van der Waals surface area contributed by atoms with Crippen LogP contribution >= 0.6 is 0 Å². The van der Waals surface area contributed by atoms with Crippen LogP contribution in [0.4, 0.5) is 15.9 Å². The van der Waals surface area contributed by atoms with Crippen molar-refractivity contribution in [2.24, 2.45) is 5.92 Å². The van der Waals surface area contributed by atoms with Gasteiger partial charge in [-0.3, -0.25) is 24.8 Å². The van der Waals surface area contributed by atoms with Gasteiger partial charge in [-0.2, -0.15) is 5.10 Å². The van der Waals surface area contributed by atoms with Crippen molar-refractivity contribution in [3.63, 3.8) is 0 Å². The lowest BCUT2D eigenvalue weighted by atomic mass is 9.97. The monoisotopic (exact) mass is 810 g/mol. The molecule has 13 nitrogen and oxygen atoms in total. The molecular formula is C45H59FN8O5. The van der Waals surface area contributed by atoms with Crippen LogP contribution in [0.1, 0.15) is 116 Å². The number of ether oxygens (including phenoxy) is 2. The first kappa shape index (κ1) is 39.4. The Hall–Kier alpha value is -5.11. The summed E-state index contributed by atoms with van der Waals surface area (Å²) in [6, 6.07) is 10.8. The van der Waals surface area contributed by atoms with E-state index < -0.39 is 11.9 Å². The third-order valence-corrected chi connectivity index (χ3v) is 13.2. The van der Waals surface area contributed by atoms with Crippen molar-refractivity contribution in [3.05, 3.63) is 59.7 Å². The normalized spacial score (nSPS) is 22.6. The number of H-pyrrole nitrogens is 1. The summed E-state index contributed by atoms with van der Waals surface area (Å²) >= 11 is 0. The van der Waals surface area contributed by atoms with E-state index in [1.807, 2.05) is 17.0 Å². The molecule has 0 bridgehead atoms. The molecule has 2 aromatic carbocycles. The SMILES string of the molecule is CC1(Oc2ccc3[nH]nc(-c4cc(N5CCC(OC6CCCCC6)CC5)ncn4)c3c2)CC1.CC1CCN(c2ccc3c(c2F)CN(C2CCC(=O)NC2=O)C3=O)CC1.[HH].[HH]. The summed E-state index contributed by atoms with van der Waals surface area (Å²) in [6.07, 6.45) is 15.9. The lowest BCUT2D eigenvalue weighted by Crippen LogP contribution is -2.52. The number of piperidine rings is 3. The van der Waals surface area contributed by atoms with Crippen molar-refractivity contribution in [1.82, 2.24) is 30.4 Å². The highest BCUT2D eigenvalue weighted by Gasteiger charge is 2.41. The maximum Gasteiger partial charge on any atom is 0.255 e. The van der Waals surface area contributed by atoms with Gasteiger partial charge in [-0.1, -0.05) is 26.2 Å². The molecule has 2 N–H and O–H groups in total. The highest BCUT2D eigenvalue weighted by atomic mass is 19.1. The number of halogens is 1. The topological polar surface area (TPSA) is 146 Å². The number of aromatic nitrogens is 4. The Morgan fingerprint density at radius 1 is 0.864 bits per heavy atom. The highest BCUT2D eigenvalue weighted by Crippen LogP contribution is 2.41. The van der Waals surface area contributed by atoms with Gasteiger partial charge >= 0.3 is 0 Å². The van der Waals surface area contributed by atoms with Crippen molar-refractivity contribution >= 4 is 40.1 Å². The van der Waals surface area contributed by atoms with E-state index in [1.165, 1.54) is 37.0 Å². The van der Waals surface area contributed by atoms with Gasteiger partial charge in [-0.25, -0.2) is 14.4 Å². The minimum atomic E-state index is -0.716. The molecule has 1 unspecified atom stereocenters. The van der Waals surface area contributed by atoms with E-state index in [0.29, 0.717) is 34.9 Å². The number of nitrogens with zero attached hydrogens (tertiary/aromatic N) is 6. The Labute approximate surface area is 347 Å². The standard InChI is InChI=1S/C26H33N5O2.C19H22FN3O3.2H2/c1-26(11-12-26)33-20-7-8-22-21(15-20)25(30-29-22)23-16-24(28-17-27-23)31-13-9-19(10-14-31)32-18-5-3-2-4-6-18;1-11-6-8-22(9-7-11)14-3-2-12-13(17(14)20)10-23(19(12)26)15-4-5-16(24)21-18(15)25;;/h7-8,15-19H,2-6,9-14H2,1H3,(H,29,30);2-3,11,15H,4-10H2,1H3,(H,21,24,25);2*1H. The number of aromatic amines is 1. The molecule has 10 rings (SSSR count). The van der Waals surface area contributed by atoms with Crippen LogP contribution in [-0.2, 0) is 20.9 Å². The molecule has 2 aliphatic carbocycles. The third kappa shape index (κ3) is 8.51. The van der Waals surface area contributed by atoms with Crippen LogP contribution in [0.2, 0.25) is 0 Å². The lowest BCUT2D eigenvalue weighted by Gasteiger charge is -2.35. The van der Waals surface area contributed by atoms with E-state index >= 15 is 4.39 Å². The Morgan fingerprint density at radius 3 is 2.36 bits per heavy atom. The predicted molar refractivity (Wildman–Crippen MR) is 226 cm³/mol. The number of hydrogen-bond acceptors (Lipinski definition) is 10. The fourth-order valence-corrected chi connectivity index (χ4v) is 9.24. The number of nitrogens with one attached hydrogen (secondary N) is 2. The molecule has 2 saturated carbocycles. The molecule has 2 aromatic heterocycles. The van der Waals surface area contributed by atoms with Crippen LogP contribution in [0, 0.1) is 11.7 Å². The largest absolute Gasteiger partial charge is 0.488 e. The van der Waals surface area contributed by atoms with E-state index in [9.17, 15) is 14.4 Å². The van der Waals surface area contributed by atoms with Gasteiger partial charge in [-0.05, 0) is 101 Å². The predicted octanol–water partition coefficient (Wildman–Crippen LogP) is 7.58. The van der Waals surface area contributed by atoms with Crippen molar-refractivity contribution < 1.29 is 31.1 Å². The fraction of sp³-hybridized carbons (Fsp3) is 0.556. The summed E-state index contributed by atoms with van der Waals surface area (Å²) in [5.41, 5.74) is 3.87. The minimum Gasteiger partial charge on any atom is -0.488 e. The van der Waals surface area contributed by atoms with E-state index in [0.717, 1.165) is 98.6 Å². The molecule has 14 heteroatoms. The molecule has 1 atom stereocenters. The lowest BCUT2D eigenvalue weighted by molar-refractivity contribution is -0.136. The zero-order chi connectivity index (χ0) is 40.7. The molecular weight excluding hydrogens is 752 g/mol. The molecule has 4 aromatic rings. The van der Waals surface area contributed by atoms with Crippen molar-refractivity contribution in [3.8, 4) is 17.1 Å². The summed E-state index contributed by atoms with van der Waals surface area (Å²) in [7, 11) is 0. The van der Waals surface area contributed by atoms with Crippen molar-refractivity contribution in [2.75, 3.05) is 36.0 Å². The van der Waals surface area contributed by atoms with E-state index in [2.05, 4.69) is 56.4 Å². The quantitative estimate of drug-likeness (QED) is 0.171. The van der Waals surface area contributed by atoms with Gasteiger partial charge in [0.2, 0.25) is 11.8 Å². The van der Waals surface area contributed by atoms with Crippen molar-refractivity contribution in [1.29, 1.82) is 0 Å². The maximum absolute atomic E-state index is 15.2. The maximum atomic E-state index is 15.2. The van der Waals surface area contributed by atoms with Gasteiger partial charge in [0.15, 0.2) is 5.82 Å². The van der Waals surface area contributed by atoms with E-state index in [-0.39, 0.29) is 45.5 Å². The number of fused-ring (bicyclic) bond motifs is 2. The highest BCUT2D eigenvalue weighted by molar-refractivity contribution is 6.05. The Bertz CT molecular complexity index is 2220. The minimum absolute atomic E-state index is 0. The molecule has 59 heavy (non-hydrogen) atoms. The first-order valence-corrected chi connectivity index (χ1v) is 21.7. The van der Waals surface area contributed by atoms with E-state index in [4.69, 9.17) is 9.47 Å². The van der Waals surface area contributed by atoms with Crippen LogP contribution in [0.15, 0.2) is 42.7 Å². The summed E-state index contributed by atoms with van der Waals surface area (Å²) < 4.78 is 27.7. The first-order chi connectivity index (χ1) is 28.6. The molecule has 4 aliphatic heterocycles. The number of rotatable bonds is 8. The third-order valence-electron chi connectivity index (χ3n) is 13.2. The van der Waals surface area contributed by atoms with Gasteiger partial charge in [-0.15, -0.1) is 0 Å². The summed E-state index contributed by atoms with van der Waals surface area (Å²) in [4.78, 5) is 51.0. The second kappa shape index (κ2) is 16.5. The van der Waals surface area contributed by atoms with Crippen LogP contribution in [0.3, 0.4) is 0 Å². The molecule has 6 heterocycles. The molecule has 5 fully saturated rings. The number of imide groups is 1. The molecule has 0 spiro atoms. The smallest absolute Gasteiger partial charge is 0.255 e. The zero-order valence-electron chi connectivity index (χ0n) is 34.2. The zero-order valence-corrected chi connectivity index (χ0v) is 34.2.